The van der Waals surface area contributed by atoms with Crippen LogP contribution in [0.5, 0.6) is 0 Å². The Bertz CT molecular complexity index is 1320. The Morgan fingerprint density at radius 3 is 2.26 bits per heavy atom. The topological polar surface area (TPSA) is 115 Å². The van der Waals surface area contributed by atoms with Crippen LogP contribution in [0.2, 0.25) is 0 Å². The minimum absolute atomic E-state index is 0.0690. The SMILES string of the molecule is CN(CCO)c1ccc(/C=C/C(=O)c2ccc(Nc3nc(NCC4CCCCC4)nc(NC4CCCC4)n3)cc2)cc1. The van der Waals surface area contributed by atoms with Crippen molar-refractivity contribution in [1.29, 1.82) is 0 Å². The molecule has 0 bridgehead atoms. The highest BCUT2D eigenvalue weighted by Gasteiger charge is 2.18. The highest BCUT2D eigenvalue weighted by Crippen LogP contribution is 2.25. The number of carbonyl (C=O) groups excluding carboxylic acids is 1. The van der Waals surface area contributed by atoms with Crippen molar-refractivity contribution in [2.24, 2.45) is 5.92 Å². The summed E-state index contributed by atoms with van der Waals surface area (Å²) in [7, 11) is 1.93. The first-order chi connectivity index (χ1) is 20.6. The van der Waals surface area contributed by atoms with Gasteiger partial charge in [0.15, 0.2) is 5.78 Å². The van der Waals surface area contributed by atoms with Gasteiger partial charge in [-0.15, -0.1) is 0 Å². The summed E-state index contributed by atoms with van der Waals surface area (Å²) in [5.74, 6) is 2.25. The van der Waals surface area contributed by atoms with Crippen molar-refractivity contribution in [3.63, 3.8) is 0 Å². The largest absolute Gasteiger partial charge is 0.395 e. The number of aliphatic hydroxyl groups is 1. The molecule has 222 valence electrons. The van der Waals surface area contributed by atoms with Gasteiger partial charge >= 0.3 is 0 Å². The molecule has 0 radical (unpaired) electrons. The standard InChI is InChI=1S/C33H43N7O2/c1-40(21-22-41)29-18-11-24(12-19-29)13-20-30(42)26-14-16-28(17-15-26)36-33-38-31(34-23-25-7-3-2-4-8-25)37-32(39-33)35-27-9-5-6-10-27/h11-20,25,27,41H,2-10,21-23H2,1H3,(H3,34,35,36,37,38,39)/b20-13+. The van der Waals surface area contributed by atoms with Crippen LogP contribution < -0.4 is 20.9 Å². The van der Waals surface area contributed by atoms with E-state index >= 15 is 0 Å². The number of likely N-dealkylation sites (N-methyl/N-ethyl adjacent to an activating group) is 1. The Labute approximate surface area is 248 Å². The quantitative estimate of drug-likeness (QED) is 0.139. The van der Waals surface area contributed by atoms with E-state index in [1.165, 1.54) is 44.9 Å². The summed E-state index contributed by atoms with van der Waals surface area (Å²) in [5.41, 5.74) is 3.36. The summed E-state index contributed by atoms with van der Waals surface area (Å²) in [5, 5.41) is 19.4. The molecule has 0 amide bonds. The van der Waals surface area contributed by atoms with Crippen LogP contribution in [0.3, 0.4) is 0 Å². The van der Waals surface area contributed by atoms with Crippen molar-refractivity contribution in [1.82, 2.24) is 15.0 Å². The molecular weight excluding hydrogens is 526 g/mol. The molecule has 0 unspecified atom stereocenters. The number of aliphatic hydroxyl groups excluding tert-OH is 1. The molecule has 2 aliphatic rings. The van der Waals surface area contributed by atoms with Crippen molar-refractivity contribution in [2.75, 3.05) is 47.6 Å². The Hall–Kier alpha value is -3.98. The number of allylic oxidation sites excluding steroid dienone is 1. The van der Waals surface area contributed by atoms with Crippen molar-refractivity contribution >= 4 is 41.1 Å². The van der Waals surface area contributed by atoms with E-state index in [1.54, 1.807) is 6.08 Å². The third-order valence-corrected chi connectivity index (χ3v) is 8.22. The minimum Gasteiger partial charge on any atom is -0.395 e. The van der Waals surface area contributed by atoms with Crippen LogP contribution in [-0.4, -0.2) is 58.6 Å². The third-order valence-electron chi connectivity index (χ3n) is 8.22. The van der Waals surface area contributed by atoms with E-state index in [9.17, 15) is 4.79 Å². The van der Waals surface area contributed by atoms with Gasteiger partial charge in [0.25, 0.3) is 0 Å². The van der Waals surface area contributed by atoms with Gasteiger partial charge in [-0.1, -0.05) is 50.3 Å². The Kier molecular flexibility index (Phi) is 10.4. The van der Waals surface area contributed by atoms with Gasteiger partial charge in [0.2, 0.25) is 17.8 Å². The zero-order valence-corrected chi connectivity index (χ0v) is 24.6. The van der Waals surface area contributed by atoms with Crippen LogP contribution in [0.4, 0.5) is 29.2 Å². The first kappa shape index (κ1) is 29.5. The van der Waals surface area contributed by atoms with Crippen LogP contribution in [0.1, 0.15) is 73.7 Å². The van der Waals surface area contributed by atoms with Gasteiger partial charge in [-0.2, -0.15) is 15.0 Å². The molecule has 42 heavy (non-hydrogen) atoms. The van der Waals surface area contributed by atoms with E-state index in [1.807, 2.05) is 66.6 Å². The van der Waals surface area contributed by atoms with E-state index in [0.717, 1.165) is 36.3 Å². The van der Waals surface area contributed by atoms with Gasteiger partial charge in [0.1, 0.15) is 0 Å². The predicted octanol–water partition coefficient (Wildman–Crippen LogP) is 6.29. The maximum Gasteiger partial charge on any atom is 0.233 e. The summed E-state index contributed by atoms with van der Waals surface area (Å²) in [6.45, 7) is 1.55. The number of benzene rings is 2. The fraction of sp³-hybridized carbons (Fsp3) is 0.455. The molecule has 9 nitrogen and oxygen atoms in total. The van der Waals surface area contributed by atoms with Crippen LogP contribution in [0.25, 0.3) is 6.08 Å². The second-order valence-electron chi connectivity index (χ2n) is 11.5. The first-order valence-corrected chi connectivity index (χ1v) is 15.3. The number of ketones is 1. The number of rotatable bonds is 13. The van der Waals surface area contributed by atoms with Crippen LogP contribution in [0.15, 0.2) is 54.6 Å². The molecule has 2 aromatic carbocycles. The van der Waals surface area contributed by atoms with Gasteiger partial charge in [0, 0.05) is 43.1 Å². The maximum atomic E-state index is 12.8. The molecule has 2 saturated carbocycles. The maximum absolute atomic E-state index is 12.8. The lowest BCUT2D eigenvalue weighted by atomic mass is 9.89. The average molecular weight is 570 g/mol. The van der Waals surface area contributed by atoms with Gasteiger partial charge in [-0.3, -0.25) is 4.79 Å². The summed E-state index contributed by atoms with van der Waals surface area (Å²) in [6.07, 6.45) is 14.6. The molecule has 0 spiro atoms. The molecule has 0 atom stereocenters. The molecule has 3 aromatic rings. The van der Waals surface area contributed by atoms with Crippen molar-refractivity contribution in [2.45, 2.75) is 63.8 Å². The zero-order valence-electron chi connectivity index (χ0n) is 24.6. The fourth-order valence-corrected chi connectivity index (χ4v) is 5.69. The molecule has 2 aliphatic carbocycles. The number of hydrogen-bond acceptors (Lipinski definition) is 9. The highest BCUT2D eigenvalue weighted by molar-refractivity contribution is 6.07. The number of nitrogens with one attached hydrogen (secondary N) is 3. The monoisotopic (exact) mass is 569 g/mol. The molecule has 4 N–H and O–H groups in total. The summed E-state index contributed by atoms with van der Waals surface area (Å²) < 4.78 is 0. The molecule has 0 saturated heterocycles. The van der Waals surface area contributed by atoms with Crippen molar-refractivity contribution in [3.8, 4) is 0 Å². The van der Waals surface area contributed by atoms with E-state index in [2.05, 4.69) is 30.9 Å². The summed E-state index contributed by atoms with van der Waals surface area (Å²) >= 11 is 0. The van der Waals surface area contributed by atoms with Crippen LogP contribution in [0, 0.1) is 5.92 Å². The zero-order chi connectivity index (χ0) is 29.1. The average Bonchev–Trinajstić information content (AvgIpc) is 3.53. The number of anilines is 5. The normalized spacial score (nSPS) is 16.0. The fourth-order valence-electron chi connectivity index (χ4n) is 5.69. The first-order valence-electron chi connectivity index (χ1n) is 15.3. The van der Waals surface area contributed by atoms with Gasteiger partial charge in [0.05, 0.1) is 6.61 Å². The Balaban J connectivity index is 1.22. The van der Waals surface area contributed by atoms with Crippen molar-refractivity contribution < 1.29 is 9.90 Å². The smallest absolute Gasteiger partial charge is 0.233 e. The molecular formula is C33H43N7O2. The van der Waals surface area contributed by atoms with Crippen LogP contribution in [-0.2, 0) is 0 Å². The van der Waals surface area contributed by atoms with E-state index < -0.39 is 0 Å². The molecule has 1 aromatic heterocycles. The second kappa shape index (κ2) is 14.8. The van der Waals surface area contributed by atoms with Crippen LogP contribution >= 0.6 is 0 Å². The summed E-state index contributed by atoms with van der Waals surface area (Å²) in [6, 6.07) is 15.6. The number of aromatic nitrogens is 3. The predicted molar refractivity (Wildman–Crippen MR) is 171 cm³/mol. The summed E-state index contributed by atoms with van der Waals surface area (Å²) in [4.78, 5) is 28.8. The van der Waals surface area contributed by atoms with E-state index in [0.29, 0.717) is 41.9 Å². The van der Waals surface area contributed by atoms with Gasteiger partial charge in [-0.25, -0.2) is 0 Å². The van der Waals surface area contributed by atoms with E-state index in [-0.39, 0.29) is 12.4 Å². The van der Waals surface area contributed by atoms with Gasteiger partial charge < -0.3 is 26.0 Å². The van der Waals surface area contributed by atoms with Gasteiger partial charge in [-0.05, 0) is 79.6 Å². The lowest BCUT2D eigenvalue weighted by molar-refractivity contribution is 0.104. The Morgan fingerprint density at radius 2 is 1.55 bits per heavy atom. The second-order valence-corrected chi connectivity index (χ2v) is 11.5. The molecule has 2 fully saturated rings. The third kappa shape index (κ3) is 8.52. The highest BCUT2D eigenvalue weighted by atomic mass is 16.3. The lowest BCUT2D eigenvalue weighted by Crippen LogP contribution is -2.21. The molecule has 0 aliphatic heterocycles. The van der Waals surface area contributed by atoms with Crippen molar-refractivity contribution in [3.05, 3.63) is 65.7 Å². The molecule has 9 heteroatoms. The minimum atomic E-state index is -0.0690. The molecule has 1 heterocycles. The Morgan fingerprint density at radius 1 is 0.881 bits per heavy atom. The lowest BCUT2D eigenvalue weighted by Gasteiger charge is -2.22. The van der Waals surface area contributed by atoms with E-state index in [4.69, 9.17) is 5.11 Å². The number of carbonyl (C=O) groups is 1. The molecule has 5 rings (SSSR count). The number of hydrogen-bond donors (Lipinski definition) is 4. The number of nitrogens with zero attached hydrogens (tertiary/aromatic N) is 4.